The number of benzene rings is 2. The molecule has 1 aromatic heterocycles. The van der Waals surface area contributed by atoms with Crippen LogP contribution in [0.15, 0.2) is 60.8 Å². The number of urea groups is 1. The van der Waals surface area contributed by atoms with E-state index in [0.29, 0.717) is 24.7 Å². The molecule has 2 heterocycles. The Kier molecular flexibility index (Phi) is 8.52. The summed E-state index contributed by atoms with van der Waals surface area (Å²) < 4.78 is 0. The van der Waals surface area contributed by atoms with Gasteiger partial charge in [0.15, 0.2) is 0 Å². The van der Waals surface area contributed by atoms with Crippen LogP contribution >= 0.6 is 0 Å². The highest BCUT2D eigenvalue weighted by molar-refractivity contribution is 5.89. The molecule has 0 unspecified atom stereocenters. The number of hydrogen-bond donors (Lipinski definition) is 3. The largest absolute Gasteiger partial charge is 0.368 e. The lowest BCUT2D eigenvalue weighted by atomic mass is 10.1. The Hall–Kier alpha value is -4.18. The molecule has 3 amide bonds. The molecule has 1 fully saturated rings. The minimum Gasteiger partial charge on any atom is -0.368 e. The zero-order valence-electron chi connectivity index (χ0n) is 21.6. The first-order valence-corrected chi connectivity index (χ1v) is 12.4. The highest BCUT2D eigenvalue weighted by atomic mass is 16.2. The van der Waals surface area contributed by atoms with Gasteiger partial charge in [0.25, 0.3) is 0 Å². The summed E-state index contributed by atoms with van der Waals surface area (Å²) in [5.74, 6) is 0.682. The molecule has 1 aliphatic rings. The molecule has 0 atom stereocenters. The van der Waals surface area contributed by atoms with E-state index in [-0.39, 0.29) is 11.9 Å². The lowest BCUT2D eigenvalue weighted by molar-refractivity contribution is -0.132. The average molecular weight is 503 g/mol. The summed E-state index contributed by atoms with van der Waals surface area (Å²) in [5, 5.41) is 8.77. The van der Waals surface area contributed by atoms with Crippen molar-refractivity contribution in [1.82, 2.24) is 25.1 Å². The fraction of sp³-hybridized carbons (Fsp3) is 0.333. The number of likely N-dealkylation sites (N-methyl/N-ethyl adjacent to an activating group) is 1. The Morgan fingerprint density at radius 1 is 0.919 bits per heavy atom. The predicted molar refractivity (Wildman–Crippen MR) is 147 cm³/mol. The number of carbonyl (C=O) groups excluding carboxylic acids is 2. The zero-order valence-corrected chi connectivity index (χ0v) is 21.6. The number of rotatable bonds is 8. The van der Waals surface area contributed by atoms with E-state index in [1.807, 2.05) is 73.3 Å². The van der Waals surface area contributed by atoms with Crippen LogP contribution in [0.3, 0.4) is 0 Å². The first-order valence-electron chi connectivity index (χ1n) is 12.4. The maximum absolute atomic E-state index is 12.3. The monoisotopic (exact) mass is 502 g/mol. The van der Waals surface area contributed by atoms with Crippen LogP contribution in [0.5, 0.6) is 0 Å². The van der Waals surface area contributed by atoms with E-state index in [0.717, 1.165) is 48.8 Å². The molecule has 0 spiro atoms. The van der Waals surface area contributed by atoms with Crippen LogP contribution in [0.4, 0.5) is 27.8 Å². The maximum Gasteiger partial charge on any atom is 0.319 e. The SMILES string of the molecule is CCNC(=O)Nc1ccc(-c2ccnc(Nc3ccc(N4CCN(C(=O)CN(C)C)CC4)cc3)n2)cc1. The van der Waals surface area contributed by atoms with Gasteiger partial charge in [-0.2, -0.15) is 0 Å². The van der Waals surface area contributed by atoms with Crippen molar-refractivity contribution in [3.8, 4) is 11.3 Å². The fourth-order valence-electron chi connectivity index (χ4n) is 4.11. The van der Waals surface area contributed by atoms with Crippen LogP contribution in [0.25, 0.3) is 11.3 Å². The molecule has 0 saturated carbocycles. The number of aromatic nitrogens is 2. The Balaban J connectivity index is 1.34. The summed E-state index contributed by atoms with van der Waals surface area (Å²) in [6.07, 6.45) is 1.72. The van der Waals surface area contributed by atoms with Gasteiger partial charge in [-0.05, 0) is 63.5 Å². The van der Waals surface area contributed by atoms with Gasteiger partial charge in [-0.1, -0.05) is 12.1 Å². The van der Waals surface area contributed by atoms with Crippen molar-refractivity contribution >= 4 is 34.9 Å². The van der Waals surface area contributed by atoms with Gasteiger partial charge >= 0.3 is 6.03 Å². The number of hydrogen-bond acceptors (Lipinski definition) is 7. The van der Waals surface area contributed by atoms with E-state index in [1.54, 1.807) is 6.20 Å². The van der Waals surface area contributed by atoms with Crippen molar-refractivity contribution in [3.05, 3.63) is 60.8 Å². The normalized spacial score (nSPS) is 13.4. The van der Waals surface area contributed by atoms with Crippen molar-refractivity contribution in [1.29, 1.82) is 0 Å². The average Bonchev–Trinajstić information content (AvgIpc) is 2.90. The molecule has 3 aromatic rings. The molecular weight excluding hydrogens is 468 g/mol. The smallest absolute Gasteiger partial charge is 0.319 e. The van der Waals surface area contributed by atoms with E-state index in [9.17, 15) is 9.59 Å². The zero-order chi connectivity index (χ0) is 26.2. The molecule has 194 valence electrons. The number of carbonyl (C=O) groups is 2. The van der Waals surface area contributed by atoms with E-state index in [4.69, 9.17) is 0 Å². The third-order valence-corrected chi connectivity index (χ3v) is 6.00. The van der Waals surface area contributed by atoms with Gasteiger partial charge in [0.1, 0.15) is 0 Å². The highest BCUT2D eigenvalue weighted by Crippen LogP contribution is 2.23. The predicted octanol–water partition coefficient (Wildman–Crippen LogP) is 3.24. The minimum atomic E-state index is -0.229. The Morgan fingerprint density at radius 2 is 1.59 bits per heavy atom. The fourth-order valence-corrected chi connectivity index (χ4v) is 4.11. The third kappa shape index (κ3) is 7.17. The van der Waals surface area contributed by atoms with Gasteiger partial charge in [-0.15, -0.1) is 0 Å². The number of nitrogens with one attached hydrogen (secondary N) is 3. The van der Waals surface area contributed by atoms with Gasteiger partial charge in [-0.25, -0.2) is 14.8 Å². The van der Waals surface area contributed by atoms with E-state index in [2.05, 4.69) is 43.0 Å². The van der Waals surface area contributed by atoms with Crippen LogP contribution in [0.1, 0.15) is 6.92 Å². The summed E-state index contributed by atoms with van der Waals surface area (Å²) in [6, 6.07) is 17.3. The Bertz CT molecular complexity index is 1190. The molecule has 0 bridgehead atoms. The quantitative estimate of drug-likeness (QED) is 0.434. The van der Waals surface area contributed by atoms with Crippen molar-refractivity contribution in [2.75, 3.05) is 68.9 Å². The minimum absolute atomic E-state index is 0.179. The molecule has 37 heavy (non-hydrogen) atoms. The number of amides is 3. The van der Waals surface area contributed by atoms with Crippen LogP contribution in [-0.4, -0.2) is 85.1 Å². The van der Waals surface area contributed by atoms with Gasteiger partial charge in [-0.3, -0.25) is 4.79 Å². The topological polar surface area (TPSA) is 106 Å². The maximum atomic E-state index is 12.3. The van der Waals surface area contributed by atoms with Crippen LogP contribution in [-0.2, 0) is 4.79 Å². The first-order chi connectivity index (χ1) is 17.9. The third-order valence-electron chi connectivity index (χ3n) is 6.00. The van der Waals surface area contributed by atoms with Gasteiger partial charge < -0.3 is 30.7 Å². The van der Waals surface area contributed by atoms with Gasteiger partial charge in [0, 0.05) is 61.5 Å². The second-order valence-corrected chi connectivity index (χ2v) is 9.10. The molecule has 2 aromatic carbocycles. The molecule has 4 rings (SSSR count). The van der Waals surface area contributed by atoms with E-state index < -0.39 is 0 Å². The standard InChI is InChI=1S/C27H34N8O2/c1-4-28-27(37)31-22-7-5-20(6-8-22)24-13-14-29-26(32-24)30-21-9-11-23(12-10-21)34-15-17-35(18-16-34)25(36)19-33(2)3/h5-14H,4,15-19H2,1-3H3,(H2,28,31,37)(H,29,30,32). The molecule has 1 aliphatic heterocycles. The van der Waals surface area contributed by atoms with Gasteiger partial charge in [0.05, 0.1) is 12.2 Å². The summed E-state index contributed by atoms with van der Waals surface area (Å²) in [5.41, 5.74) is 4.43. The van der Waals surface area contributed by atoms with E-state index >= 15 is 0 Å². The Morgan fingerprint density at radius 3 is 2.24 bits per heavy atom. The van der Waals surface area contributed by atoms with E-state index in [1.165, 1.54) is 0 Å². The number of anilines is 4. The highest BCUT2D eigenvalue weighted by Gasteiger charge is 2.21. The molecule has 10 heteroatoms. The Labute approximate surface area is 217 Å². The summed E-state index contributed by atoms with van der Waals surface area (Å²) >= 11 is 0. The van der Waals surface area contributed by atoms with Crippen molar-refractivity contribution in [2.24, 2.45) is 0 Å². The van der Waals surface area contributed by atoms with Crippen LogP contribution in [0, 0.1) is 0 Å². The lowest BCUT2D eigenvalue weighted by Gasteiger charge is -2.36. The molecule has 1 saturated heterocycles. The van der Waals surface area contributed by atoms with Crippen molar-refractivity contribution in [3.63, 3.8) is 0 Å². The molecule has 10 nitrogen and oxygen atoms in total. The summed E-state index contributed by atoms with van der Waals surface area (Å²) in [4.78, 5) is 39.1. The van der Waals surface area contributed by atoms with Crippen molar-refractivity contribution < 1.29 is 9.59 Å². The molecule has 3 N–H and O–H groups in total. The number of nitrogens with zero attached hydrogens (tertiary/aromatic N) is 5. The molecular formula is C27H34N8O2. The second kappa shape index (κ2) is 12.2. The van der Waals surface area contributed by atoms with Gasteiger partial charge in [0.2, 0.25) is 11.9 Å². The van der Waals surface area contributed by atoms with Crippen LogP contribution < -0.4 is 20.9 Å². The summed E-state index contributed by atoms with van der Waals surface area (Å²) in [6.45, 7) is 5.98. The number of piperazine rings is 1. The second-order valence-electron chi connectivity index (χ2n) is 9.10. The lowest BCUT2D eigenvalue weighted by Crippen LogP contribution is -2.50. The molecule has 0 radical (unpaired) electrons. The van der Waals surface area contributed by atoms with Crippen molar-refractivity contribution in [2.45, 2.75) is 6.92 Å². The molecule has 0 aliphatic carbocycles. The van der Waals surface area contributed by atoms with Crippen LogP contribution in [0.2, 0.25) is 0 Å². The summed E-state index contributed by atoms with van der Waals surface area (Å²) in [7, 11) is 3.83. The first kappa shape index (κ1) is 25.9.